The number of furan rings is 1. The lowest BCUT2D eigenvalue weighted by atomic mass is 9.91. The Morgan fingerprint density at radius 3 is 2.74 bits per heavy atom. The molecule has 2 fully saturated rings. The lowest BCUT2D eigenvalue weighted by molar-refractivity contribution is 0.100. The van der Waals surface area contributed by atoms with E-state index in [1.54, 1.807) is 6.20 Å². The Balaban J connectivity index is 1.28. The van der Waals surface area contributed by atoms with Crippen LogP contribution < -0.4 is 32.4 Å². The van der Waals surface area contributed by atoms with E-state index in [9.17, 15) is 9.59 Å². The van der Waals surface area contributed by atoms with Gasteiger partial charge in [-0.05, 0) is 12.8 Å². The molecule has 0 bridgehead atoms. The van der Waals surface area contributed by atoms with E-state index in [0.29, 0.717) is 59.3 Å². The number of carbonyl (C=O) groups is 1. The Kier molecular flexibility index (Phi) is 6.89. The number of aromatic nitrogens is 3. The Hall–Kier alpha value is -4.01. The first-order valence-corrected chi connectivity index (χ1v) is 13.6. The third kappa shape index (κ3) is 5.17. The quantitative estimate of drug-likeness (QED) is 0.263. The van der Waals surface area contributed by atoms with Crippen LogP contribution in [-0.2, 0) is 4.74 Å². The Bertz CT molecular complexity index is 1560. The van der Waals surface area contributed by atoms with Gasteiger partial charge >= 0.3 is 0 Å². The summed E-state index contributed by atoms with van der Waals surface area (Å²) >= 11 is 1.28. The molecule has 204 valence electrons. The van der Waals surface area contributed by atoms with Crippen LogP contribution in [-0.4, -0.2) is 59.2 Å². The molecule has 2 atom stereocenters. The number of thiazole rings is 1. The molecule has 39 heavy (non-hydrogen) atoms. The van der Waals surface area contributed by atoms with Crippen molar-refractivity contribution in [1.82, 2.24) is 15.0 Å². The van der Waals surface area contributed by atoms with E-state index in [1.165, 1.54) is 29.9 Å². The van der Waals surface area contributed by atoms with Gasteiger partial charge in [0.05, 0.1) is 31.0 Å². The fourth-order valence-corrected chi connectivity index (χ4v) is 5.64. The van der Waals surface area contributed by atoms with Crippen LogP contribution in [0.2, 0.25) is 0 Å². The maximum atomic E-state index is 12.7. The van der Waals surface area contributed by atoms with E-state index >= 15 is 0 Å². The van der Waals surface area contributed by atoms with Gasteiger partial charge in [0.1, 0.15) is 27.7 Å². The average molecular weight is 553 g/mol. The maximum absolute atomic E-state index is 12.7. The van der Waals surface area contributed by atoms with Gasteiger partial charge in [-0.3, -0.25) is 9.59 Å². The SMILES string of the molecule is NC(=O)c1cnc(N[C@H]2CCCC[C@H]2N)nc1Nc1cnc(-c2coc3c(=O)cc(N4CCOCC4)oc23)s1. The first-order valence-electron chi connectivity index (χ1n) is 12.8. The van der Waals surface area contributed by atoms with Crippen LogP contribution in [0.5, 0.6) is 0 Å². The average Bonchev–Trinajstić information content (AvgIpc) is 3.58. The summed E-state index contributed by atoms with van der Waals surface area (Å²) in [6.07, 6.45) is 8.48. The van der Waals surface area contributed by atoms with Crippen molar-refractivity contribution >= 4 is 51.1 Å². The smallest absolute Gasteiger partial charge is 0.254 e. The summed E-state index contributed by atoms with van der Waals surface area (Å²) in [4.78, 5) is 40.0. The summed E-state index contributed by atoms with van der Waals surface area (Å²) in [7, 11) is 0. The predicted molar refractivity (Wildman–Crippen MR) is 147 cm³/mol. The van der Waals surface area contributed by atoms with Crippen LogP contribution in [0.1, 0.15) is 36.0 Å². The van der Waals surface area contributed by atoms with Crippen LogP contribution in [0.3, 0.4) is 0 Å². The minimum absolute atomic E-state index is 0.00669. The number of hydrogen-bond donors (Lipinski definition) is 4. The summed E-state index contributed by atoms with van der Waals surface area (Å²) in [5.74, 6) is 0.394. The molecule has 5 heterocycles. The number of rotatable bonds is 7. The third-order valence-electron chi connectivity index (χ3n) is 6.92. The number of ether oxygens (including phenoxy) is 1. The van der Waals surface area contributed by atoms with Gasteiger partial charge in [0.2, 0.25) is 17.0 Å². The van der Waals surface area contributed by atoms with E-state index in [2.05, 4.69) is 25.6 Å². The molecule has 1 aliphatic carbocycles. The van der Waals surface area contributed by atoms with Gasteiger partial charge in [-0.1, -0.05) is 24.2 Å². The molecule has 1 amide bonds. The third-order valence-corrected chi connectivity index (χ3v) is 7.87. The van der Waals surface area contributed by atoms with Crippen molar-refractivity contribution in [1.29, 1.82) is 0 Å². The number of carbonyl (C=O) groups excluding carboxylic acids is 1. The maximum Gasteiger partial charge on any atom is 0.254 e. The molecule has 4 aromatic heterocycles. The molecule has 6 N–H and O–H groups in total. The molecule has 13 nitrogen and oxygen atoms in total. The topological polar surface area (TPSA) is 188 Å². The second-order valence-electron chi connectivity index (χ2n) is 9.53. The highest BCUT2D eigenvalue weighted by molar-refractivity contribution is 7.19. The number of nitrogens with zero attached hydrogens (tertiary/aromatic N) is 4. The zero-order chi connectivity index (χ0) is 26.9. The van der Waals surface area contributed by atoms with Gasteiger partial charge in [0.15, 0.2) is 11.5 Å². The van der Waals surface area contributed by atoms with Gasteiger partial charge in [-0.2, -0.15) is 4.98 Å². The molecule has 4 aromatic rings. The molecule has 2 aliphatic rings. The van der Waals surface area contributed by atoms with Crippen LogP contribution in [0.4, 0.5) is 22.7 Å². The number of primary amides is 1. The van der Waals surface area contributed by atoms with Crippen molar-refractivity contribution in [2.24, 2.45) is 11.5 Å². The largest absolute Gasteiger partial charge is 0.456 e. The van der Waals surface area contributed by atoms with Crippen molar-refractivity contribution in [2.75, 3.05) is 41.8 Å². The molecule has 0 spiro atoms. The molecule has 14 heteroatoms. The standard InChI is InChI=1S/C25H28N8O5S/c26-15-3-1-2-4-16(15)30-25-29-10-13(22(27)35)23(32-25)31-18-11-28-24(39-18)14-12-37-21-17(34)9-19(38-20(14)21)33-5-7-36-8-6-33/h9-12,15-16H,1-8,26H2,(H2,27,35)(H2,29,30,31,32)/t15-,16+/m1/s1. The van der Waals surface area contributed by atoms with Crippen LogP contribution >= 0.6 is 11.3 Å². The van der Waals surface area contributed by atoms with Gasteiger partial charge in [0.25, 0.3) is 5.91 Å². The van der Waals surface area contributed by atoms with Crippen molar-refractivity contribution < 1.29 is 18.4 Å². The lowest BCUT2D eigenvalue weighted by Crippen LogP contribution is -2.43. The van der Waals surface area contributed by atoms with E-state index in [0.717, 1.165) is 25.7 Å². The molecular formula is C25H28N8O5S. The molecule has 0 aromatic carbocycles. The molecule has 1 aliphatic heterocycles. The van der Waals surface area contributed by atoms with Crippen molar-refractivity contribution in [3.8, 4) is 10.6 Å². The summed E-state index contributed by atoms with van der Waals surface area (Å²) < 4.78 is 17.1. The molecule has 1 saturated carbocycles. The summed E-state index contributed by atoms with van der Waals surface area (Å²) in [5.41, 5.74) is 12.7. The second-order valence-corrected chi connectivity index (χ2v) is 10.6. The van der Waals surface area contributed by atoms with Crippen LogP contribution in [0.25, 0.3) is 21.7 Å². The predicted octanol–water partition coefficient (Wildman–Crippen LogP) is 2.66. The number of morpholine rings is 1. The fourth-order valence-electron chi connectivity index (χ4n) is 4.82. The number of nitrogens with one attached hydrogen (secondary N) is 2. The number of hydrogen-bond acceptors (Lipinski definition) is 13. The van der Waals surface area contributed by atoms with Crippen molar-refractivity contribution in [3.05, 3.63) is 40.5 Å². The Morgan fingerprint density at radius 2 is 1.95 bits per heavy atom. The van der Waals surface area contributed by atoms with E-state index in [4.69, 9.17) is 25.0 Å². The Morgan fingerprint density at radius 1 is 1.13 bits per heavy atom. The van der Waals surface area contributed by atoms with Gasteiger partial charge in [0, 0.05) is 31.4 Å². The van der Waals surface area contributed by atoms with Crippen LogP contribution in [0.15, 0.2) is 38.4 Å². The number of anilines is 4. The molecule has 6 rings (SSSR count). The highest BCUT2D eigenvalue weighted by Gasteiger charge is 2.24. The summed E-state index contributed by atoms with van der Waals surface area (Å²) in [6, 6.07) is 1.49. The molecule has 0 unspecified atom stereocenters. The minimum atomic E-state index is -0.665. The molecule has 0 radical (unpaired) electrons. The van der Waals surface area contributed by atoms with E-state index < -0.39 is 5.91 Å². The Labute approximate surface area is 226 Å². The molecular weight excluding hydrogens is 524 g/mol. The van der Waals surface area contributed by atoms with Gasteiger partial charge < -0.3 is 40.6 Å². The van der Waals surface area contributed by atoms with E-state index in [1.807, 2.05) is 4.90 Å². The highest BCUT2D eigenvalue weighted by atomic mass is 32.1. The van der Waals surface area contributed by atoms with Crippen molar-refractivity contribution in [3.63, 3.8) is 0 Å². The summed E-state index contributed by atoms with van der Waals surface area (Å²) in [6.45, 7) is 2.36. The monoisotopic (exact) mass is 552 g/mol. The minimum Gasteiger partial charge on any atom is -0.456 e. The van der Waals surface area contributed by atoms with Gasteiger partial charge in [-0.25, -0.2) is 9.97 Å². The first kappa shape index (κ1) is 25.3. The first-order chi connectivity index (χ1) is 19.0. The second kappa shape index (κ2) is 10.6. The zero-order valence-corrected chi connectivity index (χ0v) is 21.8. The van der Waals surface area contributed by atoms with Crippen LogP contribution in [0, 0.1) is 0 Å². The summed E-state index contributed by atoms with van der Waals surface area (Å²) in [5, 5.41) is 7.57. The number of amides is 1. The van der Waals surface area contributed by atoms with Gasteiger partial charge in [-0.15, -0.1) is 0 Å². The molecule has 1 saturated heterocycles. The van der Waals surface area contributed by atoms with Crippen molar-refractivity contribution in [2.45, 2.75) is 37.8 Å². The normalized spacial score (nSPS) is 19.8. The number of fused-ring (bicyclic) bond motifs is 1. The number of nitrogens with two attached hydrogens (primary N) is 2. The van der Waals surface area contributed by atoms with E-state index in [-0.39, 0.29) is 34.5 Å². The fraction of sp³-hybridized carbons (Fsp3) is 0.400. The zero-order valence-electron chi connectivity index (χ0n) is 21.0. The highest BCUT2D eigenvalue weighted by Crippen LogP contribution is 2.36. The lowest BCUT2D eigenvalue weighted by Gasteiger charge is -2.29.